The Balaban J connectivity index is 1.59. The molecule has 2 aromatic rings. The quantitative estimate of drug-likeness (QED) is 0.899. The van der Waals surface area contributed by atoms with Gasteiger partial charge in [0, 0.05) is 19.0 Å². The molecule has 2 heterocycles. The topological polar surface area (TPSA) is 87.5 Å². The summed E-state index contributed by atoms with van der Waals surface area (Å²) in [7, 11) is 0. The number of carbonyl (C=O) groups excluding carboxylic acids is 2. The Kier molecular flexibility index (Phi) is 3.91. The van der Waals surface area contributed by atoms with E-state index in [4.69, 9.17) is 4.52 Å². The van der Waals surface area contributed by atoms with Crippen molar-refractivity contribution < 1.29 is 14.1 Å². The number of nitrogens with one attached hydrogen (secondary N) is 2. The molecule has 2 N–H and O–H groups in total. The molecule has 0 unspecified atom stereocenters. The predicted octanol–water partition coefficient (Wildman–Crippen LogP) is 2.57. The summed E-state index contributed by atoms with van der Waals surface area (Å²) in [6, 6.07) is 8.38. The van der Waals surface area contributed by atoms with Crippen molar-refractivity contribution in [2.75, 3.05) is 18.4 Å². The van der Waals surface area contributed by atoms with E-state index in [1.165, 1.54) is 0 Å². The molecule has 7 nitrogen and oxygen atoms in total. The maximum Gasteiger partial charge on any atom is 0.323 e. The Morgan fingerprint density at radius 1 is 1.32 bits per heavy atom. The number of carbonyl (C=O) groups is 2. The number of urea groups is 1. The maximum absolute atomic E-state index is 12.9. The first kappa shape index (κ1) is 15.7. The van der Waals surface area contributed by atoms with Gasteiger partial charge in [0.15, 0.2) is 5.76 Å². The van der Waals surface area contributed by atoms with Crippen molar-refractivity contribution in [2.45, 2.75) is 31.7 Å². The number of piperazine rings is 1. The first-order valence-corrected chi connectivity index (χ1v) is 8.51. The van der Waals surface area contributed by atoms with Crippen molar-refractivity contribution in [2.24, 2.45) is 0 Å². The number of hydrogen-bond donors (Lipinski definition) is 2. The first-order valence-electron chi connectivity index (χ1n) is 8.51. The lowest BCUT2D eigenvalue weighted by Gasteiger charge is -2.35. The average Bonchev–Trinajstić information content (AvgIpc) is 3.40. The number of aromatic nitrogens is 1. The Morgan fingerprint density at radius 3 is 2.80 bits per heavy atom. The van der Waals surface area contributed by atoms with Gasteiger partial charge in [0.05, 0.1) is 0 Å². The molecule has 1 aromatic carbocycles. The fourth-order valence-electron chi connectivity index (χ4n) is 3.19. The van der Waals surface area contributed by atoms with Crippen LogP contribution in [0.5, 0.6) is 0 Å². The summed E-state index contributed by atoms with van der Waals surface area (Å²) in [5, 5.41) is 9.74. The number of aryl methyl sites for hydroxylation is 1. The van der Waals surface area contributed by atoms with Gasteiger partial charge in [0.1, 0.15) is 17.4 Å². The minimum atomic E-state index is -0.639. The summed E-state index contributed by atoms with van der Waals surface area (Å²) in [6.45, 7) is 2.69. The van der Waals surface area contributed by atoms with Crippen molar-refractivity contribution >= 4 is 17.6 Å². The van der Waals surface area contributed by atoms with Crippen LogP contribution < -0.4 is 10.6 Å². The second-order valence-electron chi connectivity index (χ2n) is 6.51. The molecule has 130 valence electrons. The fourth-order valence-corrected chi connectivity index (χ4v) is 3.19. The summed E-state index contributed by atoms with van der Waals surface area (Å²) in [6.07, 6.45) is 2.10. The molecular weight excluding hydrogens is 320 g/mol. The SMILES string of the molecule is Cc1noc(C2CC2)c1NC(=O)N1CCNC(=O)[C@H]1c1ccccc1. The zero-order valence-corrected chi connectivity index (χ0v) is 14.0. The molecule has 1 aliphatic carbocycles. The van der Waals surface area contributed by atoms with Gasteiger partial charge < -0.3 is 20.1 Å². The lowest BCUT2D eigenvalue weighted by atomic mass is 10.0. The summed E-state index contributed by atoms with van der Waals surface area (Å²) >= 11 is 0. The van der Waals surface area contributed by atoms with Crippen LogP contribution in [0.1, 0.15) is 41.8 Å². The van der Waals surface area contributed by atoms with Crippen LogP contribution in [-0.2, 0) is 4.79 Å². The normalized spacial score (nSPS) is 20.3. The van der Waals surface area contributed by atoms with Gasteiger partial charge in [-0.3, -0.25) is 4.79 Å². The molecule has 7 heteroatoms. The average molecular weight is 340 g/mol. The minimum Gasteiger partial charge on any atom is -0.359 e. The number of hydrogen-bond acceptors (Lipinski definition) is 4. The smallest absolute Gasteiger partial charge is 0.323 e. The van der Waals surface area contributed by atoms with Crippen LogP contribution >= 0.6 is 0 Å². The third kappa shape index (κ3) is 2.97. The number of amides is 3. The zero-order valence-electron chi connectivity index (χ0n) is 14.0. The molecule has 1 aliphatic heterocycles. The standard InChI is InChI=1S/C18H20N4O3/c1-11-14(16(25-21-11)13-7-8-13)20-18(24)22-10-9-19-17(23)15(22)12-5-3-2-4-6-12/h2-6,13,15H,7-10H2,1H3,(H,19,23)(H,20,24)/t15-/m1/s1. The maximum atomic E-state index is 12.9. The van der Waals surface area contributed by atoms with Gasteiger partial charge in [-0.1, -0.05) is 35.5 Å². The van der Waals surface area contributed by atoms with Crippen molar-refractivity contribution in [3.05, 3.63) is 47.3 Å². The lowest BCUT2D eigenvalue weighted by Crippen LogP contribution is -2.53. The van der Waals surface area contributed by atoms with E-state index in [1.54, 1.807) is 4.90 Å². The Morgan fingerprint density at radius 2 is 2.08 bits per heavy atom. The summed E-state index contributed by atoms with van der Waals surface area (Å²) in [5.74, 6) is 0.909. The Labute approximate surface area is 145 Å². The van der Waals surface area contributed by atoms with Crippen LogP contribution in [0.2, 0.25) is 0 Å². The van der Waals surface area contributed by atoms with Gasteiger partial charge >= 0.3 is 6.03 Å². The second-order valence-corrected chi connectivity index (χ2v) is 6.51. The van der Waals surface area contributed by atoms with Crippen LogP contribution in [-0.4, -0.2) is 35.1 Å². The molecule has 1 aromatic heterocycles. The van der Waals surface area contributed by atoms with Gasteiger partial charge in [-0.15, -0.1) is 0 Å². The molecule has 1 atom stereocenters. The van der Waals surface area contributed by atoms with E-state index in [2.05, 4.69) is 15.8 Å². The number of anilines is 1. The van der Waals surface area contributed by atoms with E-state index in [0.717, 1.165) is 24.2 Å². The van der Waals surface area contributed by atoms with Gasteiger partial charge in [-0.05, 0) is 25.3 Å². The molecular formula is C18H20N4O3. The Bertz CT molecular complexity index is 798. The van der Waals surface area contributed by atoms with E-state index in [0.29, 0.717) is 30.4 Å². The van der Waals surface area contributed by atoms with Crippen molar-refractivity contribution in [3.63, 3.8) is 0 Å². The third-order valence-electron chi connectivity index (χ3n) is 4.66. The third-order valence-corrected chi connectivity index (χ3v) is 4.66. The molecule has 0 radical (unpaired) electrons. The van der Waals surface area contributed by atoms with Crippen molar-refractivity contribution in [1.82, 2.24) is 15.4 Å². The number of rotatable bonds is 3. The van der Waals surface area contributed by atoms with Crippen LogP contribution in [0.3, 0.4) is 0 Å². The lowest BCUT2D eigenvalue weighted by molar-refractivity contribution is -0.127. The van der Waals surface area contributed by atoms with Crippen molar-refractivity contribution in [1.29, 1.82) is 0 Å². The Hall–Kier alpha value is -2.83. The monoisotopic (exact) mass is 340 g/mol. The van der Waals surface area contributed by atoms with Crippen LogP contribution in [0.25, 0.3) is 0 Å². The van der Waals surface area contributed by atoms with Gasteiger partial charge in [-0.25, -0.2) is 4.79 Å². The zero-order chi connectivity index (χ0) is 17.4. The van der Waals surface area contributed by atoms with Gasteiger partial charge in [0.2, 0.25) is 5.91 Å². The highest BCUT2D eigenvalue weighted by Gasteiger charge is 2.37. The summed E-state index contributed by atoms with van der Waals surface area (Å²) < 4.78 is 5.38. The first-order chi connectivity index (χ1) is 12.1. The van der Waals surface area contributed by atoms with E-state index >= 15 is 0 Å². The molecule has 1 saturated carbocycles. The van der Waals surface area contributed by atoms with Gasteiger partial charge in [0.25, 0.3) is 0 Å². The van der Waals surface area contributed by atoms with Crippen molar-refractivity contribution in [3.8, 4) is 0 Å². The summed E-state index contributed by atoms with van der Waals surface area (Å²) in [4.78, 5) is 26.9. The fraction of sp³-hybridized carbons (Fsp3) is 0.389. The van der Waals surface area contributed by atoms with E-state index < -0.39 is 6.04 Å². The molecule has 25 heavy (non-hydrogen) atoms. The van der Waals surface area contributed by atoms with Gasteiger partial charge in [-0.2, -0.15) is 0 Å². The number of benzene rings is 1. The molecule has 0 bridgehead atoms. The summed E-state index contributed by atoms with van der Waals surface area (Å²) in [5.41, 5.74) is 2.09. The molecule has 2 fully saturated rings. The van der Waals surface area contributed by atoms with E-state index in [-0.39, 0.29) is 11.9 Å². The highest BCUT2D eigenvalue weighted by atomic mass is 16.5. The largest absolute Gasteiger partial charge is 0.359 e. The predicted molar refractivity (Wildman–Crippen MR) is 91.1 cm³/mol. The number of nitrogens with zero attached hydrogens (tertiary/aromatic N) is 2. The molecule has 4 rings (SSSR count). The highest BCUT2D eigenvalue weighted by molar-refractivity contribution is 5.95. The molecule has 1 saturated heterocycles. The molecule has 3 amide bonds. The molecule has 0 spiro atoms. The van der Waals surface area contributed by atoms with Crippen LogP contribution in [0.15, 0.2) is 34.9 Å². The highest BCUT2D eigenvalue weighted by Crippen LogP contribution is 2.44. The van der Waals surface area contributed by atoms with E-state index in [9.17, 15) is 9.59 Å². The minimum absolute atomic E-state index is 0.169. The van der Waals surface area contributed by atoms with E-state index in [1.807, 2.05) is 37.3 Å². The van der Waals surface area contributed by atoms with Crippen LogP contribution in [0.4, 0.5) is 10.5 Å². The molecule has 2 aliphatic rings. The van der Waals surface area contributed by atoms with Crippen LogP contribution in [0, 0.1) is 6.92 Å². The second kappa shape index (κ2) is 6.23.